The molecule has 0 aliphatic carbocycles. The van der Waals surface area contributed by atoms with Gasteiger partial charge in [0.15, 0.2) is 0 Å². The second-order valence-corrected chi connectivity index (χ2v) is 13.4. The molecule has 2 aliphatic rings. The molecule has 12 nitrogen and oxygen atoms in total. The molecule has 0 fully saturated rings. The van der Waals surface area contributed by atoms with Gasteiger partial charge in [-0.2, -0.15) is 4.31 Å². The van der Waals surface area contributed by atoms with Crippen LogP contribution in [-0.4, -0.2) is 63.6 Å². The quantitative estimate of drug-likeness (QED) is 0.0925. The summed E-state index contributed by atoms with van der Waals surface area (Å²) in [6.45, 7) is 6.36. The highest BCUT2D eigenvalue weighted by Crippen LogP contribution is 2.39. The van der Waals surface area contributed by atoms with Gasteiger partial charge in [0.1, 0.15) is 5.82 Å². The van der Waals surface area contributed by atoms with Gasteiger partial charge >= 0.3 is 0 Å². The van der Waals surface area contributed by atoms with Gasteiger partial charge in [0.25, 0.3) is 17.5 Å². The normalized spacial score (nSPS) is 16.6. The highest BCUT2D eigenvalue weighted by Gasteiger charge is 2.44. The molecule has 3 aromatic carbocycles. The lowest BCUT2D eigenvalue weighted by molar-refractivity contribution is -0.384. The van der Waals surface area contributed by atoms with E-state index in [1.807, 2.05) is 35.8 Å². The average Bonchev–Trinajstić information content (AvgIpc) is 3.56. The molecule has 47 heavy (non-hydrogen) atoms. The number of hydrogen-bond donors (Lipinski definition) is 0. The van der Waals surface area contributed by atoms with Crippen LogP contribution in [-0.2, 0) is 21.3 Å². The fourth-order valence-corrected chi connectivity index (χ4v) is 7.61. The minimum Gasteiger partial charge on any atom is -0.501 e. The smallest absolute Gasteiger partial charge is 0.269 e. The second-order valence-electron chi connectivity index (χ2n) is 11.5. The van der Waals surface area contributed by atoms with Crippen LogP contribution in [0.5, 0.6) is 0 Å². The van der Waals surface area contributed by atoms with E-state index in [2.05, 4.69) is 13.8 Å². The molecule has 0 saturated heterocycles. The third kappa shape index (κ3) is 5.72. The van der Waals surface area contributed by atoms with E-state index in [9.17, 15) is 28.1 Å². The summed E-state index contributed by atoms with van der Waals surface area (Å²) in [7, 11) is -4.29. The van der Waals surface area contributed by atoms with E-state index in [4.69, 9.17) is 9.72 Å². The van der Waals surface area contributed by atoms with E-state index in [0.29, 0.717) is 29.7 Å². The number of benzene rings is 3. The number of imide groups is 1. The molecule has 242 valence electrons. The molecule has 2 aliphatic heterocycles. The number of amides is 2. The van der Waals surface area contributed by atoms with Crippen molar-refractivity contribution in [3.8, 4) is 11.4 Å². The van der Waals surface area contributed by atoms with Gasteiger partial charge in [-0.3, -0.25) is 24.6 Å². The number of non-ortho nitro benzene ring substituents is 1. The number of carbonyl (C=O) groups is 2. The number of rotatable bonds is 10. The maximum absolute atomic E-state index is 14.3. The van der Waals surface area contributed by atoms with E-state index in [1.54, 1.807) is 30.3 Å². The zero-order chi connectivity index (χ0) is 33.5. The van der Waals surface area contributed by atoms with Crippen molar-refractivity contribution in [2.45, 2.75) is 44.2 Å². The van der Waals surface area contributed by atoms with E-state index in [0.717, 1.165) is 28.2 Å². The van der Waals surface area contributed by atoms with E-state index >= 15 is 0 Å². The Morgan fingerprint density at radius 1 is 0.979 bits per heavy atom. The Hall–Kier alpha value is -5.14. The lowest BCUT2D eigenvalue weighted by Gasteiger charge is -2.37. The van der Waals surface area contributed by atoms with Crippen LogP contribution in [0.25, 0.3) is 17.5 Å². The lowest BCUT2D eigenvalue weighted by atomic mass is 10.0. The van der Waals surface area contributed by atoms with Crippen LogP contribution in [0.15, 0.2) is 84.0 Å². The third-order valence-electron chi connectivity index (χ3n) is 8.45. The van der Waals surface area contributed by atoms with Crippen LogP contribution in [0.3, 0.4) is 0 Å². The Morgan fingerprint density at radius 3 is 2.19 bits per heavy atom. The Morgan fingerprint density at radius 2 is 1.62 bits per heavy atom. The number of nitro groups is 1. The highest BCUT2D eigenvalue weighted by atomic mass is 32.2. The molecule has 4 aromatic rings. The van der Waals surface area contributed by atoms with Crippen LogP contribution >= 0.6 is 0 Å². The fraction of sp³-hybridized carbons (Fsp3) is 0.265. The monoisotopic (exact) mass is 655 g/mol. The van der Waals surface area contributed by atoms with Crippen molar-refractivity contribution >= 4 is 33.6 Å². The van der Waals surface area contributed by atoms with Crippen LogP contribution in [0.2, 0.25) is 0 Å². The van der Waals surface area contributed by atoms with Gasteiger partial charge in [0.05, 0.1) is 57.8 Å². The van der Waals surface area contributed by atoms with E-state index in [1.165, 1.54) is 22.7 Å². The van der Waals surface area contributed by atoms with Crippen molar-refractivity contribution in [1.29, 1.82) is 0 Å². The van der Waals surface area contributed by atoms with Crippen LogP contribution in [0.1, 0.15) is 70.4 Å². The van der Waals surface area contributed by atoms with Crippen LogP contribution in [0, 0.1) is 10.1 Å². The van der Waals surface area contributed by atoms with Crippen molar-refractivity contribution < 1.29 is 27.7 Å². The summed E-state index contributed by atoms with van der Waals surface area (Å²) in [4.78, 5) is 43.6. The zero-order valence-electron chi connectivity index (χ0n) is 26.1. The van der Waals surface area contributed by atoms with Crippen LogP contribution in [0.4, 0.5) is 5.69 Å². The fourth-order valence-electron chi connectivity index (χ4n) is 6.04. The van der Waals surface area contributed by atoms with Crippen molar-refractivity contribution in [2.24, 2.45) is 0 Å². The Balaban J connectivity index is 1.51. The summed E-state index contributed by atoms with van der Waals surface area (Å²) in [5.74, 6) is -0.118. The molecular formula is C34H33N5O7S. The number of aromatic nitrogens is 2. The number of sulfonamides is 1. The number of fused-ring (bicyclic) bond motifs is 2. The molecule has 0 N–H and O–H groups in total. The summed E-state index contributed by atoms with van der Waals surface area (Å²) in [6, 6.07) is 18.1. The number of imidazole rings is 1. The van der Waals surface area contributed by atoms with Crippen molar-refractivity contribution in [3.63, 3.8) is 0 Å². The predicted molar refractivity (Wildman–Crippen MR) is 174 cm³/mol. The number of nitro benzene ring substituents is 1. The van der Waals surface area contributed by atoms with E-state index in [-0.39, 0.29) is 41.3 Å². The maximum atomic E-state index is 14.3. The topological polar surface area (TPSA) is 145 Å². The molecule has 2 amide bonds. The summed E-state index contributed by atoms with van der Waals surface area (Å²) in [6.07, 6.45) is 3.14. The number of carbonyl (C=O) groups excluding carboxylic acids is 2. The summed E-state index contributed by atoms with van der Waals surface area (Å²) in [5.41, 5.74) is 3.11. The lowest BCUT2D eigenvalue weighted by Crippen LogP contribution is -2.48. The molecule has 13 heteroatoms. The Labute approximate surface area is 272 Å². The van der Waals surface area contributed by atoms with Crippen molar-refractivity contribution in [3.05, 3.63) is 117 Å². The molecule has 1 aromatic heterocycles. The average molecular weight is 656 g/mol. The maximum Gasteiger partial charge on any atom is 0.269 e. The molecule has 3 heterocycles. The highest BCUT2D eigenvalue weighted by molar-refractivity contribution is 7.89. The second kappa shape index (κ2) is 12.6. The predicted octanol–water partition coefficient (Wildman–Crippen LogP) is 5.63. The Bertz CT molecular complexity index is 1970. The number of hydrogen-bond acceptors (Lipinski definition) is 8. The summed E-state index contributed by atoms with van der Waals surface area (Å²) >= 11 is 0. The molecule has 0 radical (unpaired) electrons. The number of nitrogens with zero attached hydrogens (tertiary/aromatic N) is 5. The first-order chi connectivity index (χ1) is 22.5. The number of ether oxygens (including phenoxy) is 1. The van der Waals surface area contributed by atoms with Gasteiger partial charge in [-0.05, 0) is 42.7 Å². The molecule has 0 unspecified atom stereocenters. The summed E-state index contributed by atoms with van der Waals surface area (Å²) < 4.78 is 37.2. The summed E-state index contributed by atoms with van der Waals surface area (Å²) in [5, 5.41) is 11.3. The SMILES string of the molecule is CCO/C=C\c1nc(-c2ccc(C(C)C)cc2)n2c1[C@@H](CN1C(=O)c3ccccc3C1=O)N(S(=O)(=O)c1ccc([N+](=O)[O-])cc1)CC2. The third-order valence-corrected chi connectivity index (χ3v) is 10.4. The van der Waals surface area contributed by atoms with Gasteiger partial charge in [-0.25, -0.2) is 13.4 Å². The molecule has 0 spiro atoms. The minimum atomic E-state index is -4.29. The van der Waals surface area contributed by atoms with Gasteiger partial charge in [-0.1, -0.05) is 50.2 Å². The molecular weight excluding hydrogens is 622 g/mol. The van der Waals surface area contributed by atoms with Gasteiger partial charge < -0.3 is 9.30 Å². The zero-order valence-corrected chi connectivity index (χ0v) is 26.9. The molecule has 0 saturated carbocycles. The first-order valence-electron chi connectivity index (χ1n) is 15.2. The molecule has 0 bridgehead atoms. The van der Waals surface area contributed by atoms with Gasteiger partial charge in [0, 0.05) is 36.9 Å². The Kier molecular flexibility index (Phi) is 8.51. The van der Waals surface area contributed by atoms with Crippen molar-refractivity contribution in [1.82, 2.24) is 18.8 Å². The molecule has 6 rings (SSSR count). The first-order valence-corrected chi connectivity index (χ1v) is 16.7. The van der Waals surface area contributed by atoms with E-state index < -0.39 is 32.8 Å². The molecule has 1 atom stereocenters. The largest absolute Gasteiger partial charge is 0.501 e. The van der Waals surface area contributed by atoms with Crippen molar-refractivity contribution in [2.75, 3.05) is 19.7 Å². The van der Waals surface area contributed by atoms with Crippen LogP contribution < -0.4 is 0 Å². The standard InChI is InChI=1S/C34H33N5O7S/c1-4-46-20-17-29-31-30(21-37-33(40)27-7-5-6-8-28(27)34(37)41)38(47(44,45)26-15-13-25(14-16-26)39(42)43)19-18-36(31)32(35-29)24-11-9-23(10-12-24)22(2)3/h5-17,20,22,30H,4,18-19,21H2,1-3H3/b20-17-/t30-/m1/s1. The minimum absolute atomic E-state index is 0.0117. The first kappa shape index (κ1) is 31.8. The van der Waals surface area contributed by atoms with Gasteiger partial charge in [0.2, 0.25) is 10.0 Å². The van der Waals surface area contributed by atoms with Gasteiger partial charge in [-0.15, -0.1) is 0 Å².